The summed E-state index contributed by atoms with van der Waals surface area (Å²) in [6, 6.07) is 0. The first-order valence-electron chi connectivity index (χ1n) is 9.88. The zero-order chi connectivity index (χ0) is 31.7. The van der Waals surface area contributed by atoms with Crippen molar-refractivity contribution in [2.75, 3.05) is 0 Å². The lowest BCUT2D eigenvalue weighted by Crippen LogP contribution is -2.56. The van der Waals surface area contributed by atoms with Gasteiger partial charge >= 0.3 is 59.1 Å². The zero-order valence-corrected chi connectivity index (χ0v) is 20.3. The van der Waals surface area contributed by atoms with Gasteiger partial charge in [0.1, 0.15) is 11.6 Å². The quantitative estimate of drug-likeness (QED) is 0.194. The number of hydrogen-bond acceptors (Lipinski definition) is 4. The molecule has 0 aromatic heterocycles. The first-order chi connectivity index (χ1) is 16.1. The average Bonchev–Trinajstić information content (AvgIpc) is 2.64. The number of ketones is 4. The third kappa shape index (κ3) is 9.81. The zero-order valence-electron chi connectivity index (χ0n) is 20.3. The highest BCUT2D eigenvalue weighted by atomic mass is 24.3. The fourth-order valence-electron chi connectivity index (χ4n) is 1.75. The molecule has 228 valence electrons. The number of carbonyl (C=O) groups is 4. The molecule has 4 nitrogen and oxygen atoms in total. The van der Waals surface area contributed by atoms with E-state index >= 15 is 0 Å². The van der Waals surface area contributed by atoms with E-state index in [1.54, 1.807) is 0 Å². The highest BCUT2D eigenvalue weighted by Gasteiger charge is 2.76. The van der Waals surface area contributed by atoms with Crippen LogP contribution < -0.4 is 0 Å². The summed E-state index contributed by atoms with van der Waals surface area (Å²) < 4.78 is 172. The molecule has 0 heterocycles. The lowest BCUT2D eigenvalue weighted by atomic mass is 9.86. The Morgan fingerprint density at radius 3 is 0.718 bits per heavy atom. The van der Waals surface area contributed by atoms with Crippen molar-refractivity contribution in [2.24, 2.45) is 10.8 Å². The van der Waals surface area contributed by atoms with Gasteiger partial charge in [-0.05, 0) is 0 Å². The lowest BCUT2D eigenvalue weighted by Gasteiger charge is -2.27. The summed E-state index contributed by atoms with van der Waals surface area (Å²) in [6.45, 7) is 7.27. The van der Waals surface area contributed by atoms with Gasteiger partial charge in [0.2, 0.25) is 11.6 Å². The first kappa shape index (κ1) is 41.9. The van der Waals surface area contributed by atoms with E-state index in [1.165, 1.54) is 41.5 Å². The Hall–Kier alpha value is -1.53. The average molecular weight is 619 g/mol. The molecule has 0 aliphatic carbocycles. The number of carbonyl (C=O) groups excluding carboxylic acids is 4. The van der Waals surface area contributed by atoms with Crippen molar-refractivity contribution < 1.29 is 80.6 Å². The SMILES string of the molecule is CC(C)(C)C(=O)CC(=O)C(F)(F)C(F)(F)C(F)(F)F.CC(C)(C)C(=O)CC(=O)C(F)(F)C(F)(F)C(F)(F)F.[MgH2]. The Balaban J connectivity index is -0.000000648. The van der Waals surface area contributed by atoms with Crippen molar-refractivity contribution in [2.45, 2.75) is 90.4 Å². The van der Waals surface area contributed by atoms with Crippen molar-refractivity contribution in [1.29, 1.82) is 0 Å². The number of rotatable bonds is 8. The molecule has 0 amide bonds. The molecule has 0 aliphatic rings. The molecule has 0 spiro atoms. The monoisotopic (exact) mass is 618 g/mol. The predicted molar refractivity (Wildman–Crippen MR) is 109 cm³/mol. The summed E-state index contributed by atoms with van der Waals surface area (Å²) >= 11 is 0. The van der Waals surface area contributed by atoms with E-state index in [9.17, 15) is 80.6 Å². The largest absolute Gasteiger partial charge is 0.460 e. The molecule has 0 rings (SSSR count). The van der Waals surface area contributed by atoms with E-state index in [2.05, 4.69) is 0 Å². The highest BCUT2D eigenvalue weighted by molar-refractivity contribution is 6.05. The minimum absolute atomic E-state index is 0. The van der Waals surface area contributed by atoms with Crippen LogP contribution in [0.1, 0.15) is 54.4 Å². The predicted octanol–water partition coefficient (Wildman–Crippen LogP) is 5.87. The maximum Gasteiger partial charge on any atom is 0.460 e. The van der Waals surface area contributed by atoms with E-state index in [0.717, 1.165) is 0 Å². The summed E-state index contributed by atoms with van der Waals surface area (Å²) in [6.07, 6.45) is -16.6. The fourth-order valence-corrected chi connectivity index (χ4v) is 1.75. The molecule has 0 aromatic rings. The van der Waals surface area contributed by atoms with Crippen LogP contribution in [0.15, 0.2) is 0 Å². The number of halogens is 14. The molecule has 0 saturated heterocycles. The van der Waals surface area contributed by atoms with Gasteiger partial charge in [-0.25, -0.2) is 0 Å². The molecule has 0 aromatic carbocycles. The van der Waals surface area contributed by atoms with Crippen molar-refractivity contribution >= 4 is 46.2 Å². The van der Waals surface area contributed by atoms with E-state index < -0.39 is 82.8 Å². The second-order valence-electron chi connectivity index (χ2n) is 9.84. The van der Waals surface area contributed by atoms with Gasteiger partial charge in [0.05, 0.1) is 12.8 Å². The molecule has 0 unspecified atom stereocenters. The normalized spacial score (nSPS) is 14.1. The summed E-state index contributed by atoms with van der Waals surface area (Å²) in [4.78, 5) is 44.2. The molecule has 0 fully saturated rings. The van der Waals surface area contributed by atoms with Gasteiger partial charge in [0, 0.05) is 10.8 Å². The van der Waals surface area contributed by atoms with Gasteiger partial charge in [0.15, 0.2) is 0 Å². The molecule has 0 bridgehead atoms. The molecule has 0 aliphatic heterocycles. The molecule has 39 heavy (non-hydrogen) atoms. The van der Waals surface area contributed by atoms with Gasteiger partial charge in [0.25, 0.3) is 0 Å². The third-order valence-electron chi connectivity index (χ3n) is 4.52. The van der Waals surface area contributed by atoms with Crippen LogP contribution in [0.5, 0.6) is 0 Å². The summed E-state index contributed by atoms with van der Waals surface area (Å²) in [7, 11) is 0. The van der Waals surface area contributed by atoms with Crippen molar-refractivity contribution in [3.63, 3.8) is 0 Å². The summed E-state index contributed by atoms with van der Waals surface area (Å²) in [5, 5.41) is 0. The van der Waals surface area contributed by atoms with E-state index in [4.69, 9.17) is 0 Å². The van der Waals surface area contributed by atoms with Crippen LogP contribution >= 0.6 is 0 Å². The van der Waals surface area contributed by atoms with Crippen molar-refractivity contribution in [1.82, 2.24) is 0 Å². The van der Waals surface area contributed by atoms with Crippen LogP contribution in [0.2, 0.25) is 0 Å². The Bertz CT molecular complexity index is 833. The minimum atomic E-state index is -6.59. The molecular weight excluding hydrogens is 594 g/mol. The second-order valence-corrected chi connectivity index (χ2v) is 9.84. The Labute approximate surface area is 228 Å². The second kappa shape index (κ2) is 12.5. The van der Waals surface area contributed by atoms with Gasteiger partial charge in [-0.1, -0.05) is 41.5 Å². The molecule has 0 atom stereocenters. The minimum Gasteiger partial charge on any atom is -0.299 e. The molecule has 19 heteroatoms. The maximum absolute atomic E-state index is 12.9. The fraction of sp³-hybridized carbons (Fsp3) is 0.800. The smallest absolute Gasteiger partial charge is 0.299 e. The van der Waals surface area contributed by atoms with Crippen LogP contribution in [0, 0.1) is 10.8 Å². The Kier molecular flexibility index (Phi) is 13.5. The third-order valence-corrected chi connectivity index (χ3v) is 4.52. The number of alkyl halides is 14. The topological polar surface area (TPSA) is 68.3 Å². The summed E-state index contributed by atoms with van der Waals surface area (Å²) in [5.41, 5.74) is -2.61. The van der Waals surface area contributed by atoms with Gasteiger partial charge in [-0.3, -0.25) is 19.2 Å². The lowest BCUT2D eigenvalue weighted by molar-refractivity contribution is -0.343. The molecule has 0 N–H and O–H groups in total. The van der Waals surface area contributed by atoms with Crippen LogP contribution in [-0.2, 0) is 19.2 Å². The van der Waals surface area contributed by atoms with Crippen LogP contribution in [0.4, 0.5) is 61.5 Å². The summed E-state index contributed by atoms with van der Waals surface area (Å²) in [5.74, 6) is -32.8. The van der Waals surface area contributed by atoms with Crippen molar-refractivity contribution in [3.05, 3.63) is 0 Å². The number of Topliss-reactive ketones (excluding diaryl/α,β-unsaturated/α-hetero) is 4. The first-order valence-corrected chi connectivity index (χ1v) is 9.88. The highest BCUT2D eigenvalue weighted by Crippen LogP contribution is 2.48. The molecule has 0 radical (unpaired) electrons. The number of hydrogen-bond donors (Lipinski definition) is 0. The van der Waals surface area contributed by atoms with E-state index in [1.807, 2.05) is 0 Å². The van der Waals surface area contributed by atoms with E-state index in [0.29, 0.717) is 0 Å². The van der Waals surface area contributed by atoms with Crippen LogP contribution in [-0.4, -0.2) is 82.2 Å². The van der Waals surface area contributed by atoms with Gasteiger partial charge < -0.3 is 0 Å². The Morgan fingerprint density at radius 2 is 0.590 bits per heavy atom. The van der Waals surface area contributed by atoms with Crippen LogP contribution in [0.3, 0.4) is 0 Å². The van der Waals surface area contributed by atoms with Gasteiger partial charge in [-0.2, -0.15) is 61.5 Å². The van der Waals surface area contributed by atoms with E-state index in [-0.39, 0.29) is 23.1 Å². The van der Waals surface area contributed by atoms with Crippen LogP contribution in [0.25, 0.3) is 0 Å². The van der Waals surface area contributed by atoms with Gasteiger partial charge in [-0.15, -0.1) is 0 Å². The molecule has 0 saturated carbocycles. The standard InChI is InChI=1S/2C10H11F7O2.Mg.2H/c2*1-7(2,3)5(18)4-6(19)8(11,12)9(13,14)10(15,16)17;;;/h2*4H2,1-3H3;;;. The Morgan fingerprint density at radius 1 is 0.410 bits per heavy atom. The maximum atomic E-state index is 12.9. The van der Waals surface area contributed by atoms with Crippen molar-refractivity contribution in [3.8, 4) is 0 Å². The molecular formula is C20H24F14MgO4.